The number of ether oxygens (including phenoxy) is 1. The standard InChI is InChI=1S/C11H15NO4S/c1-17(14,15)12-9-4-2-8-3-5-10(7-13)16-11(8)6-9/h2,4,6,10,12-13H,3,5,7H2,1H3/t10-/m1/s1. The molecule has 5 nitrogen and oxygen atoms in total. The molecular formula is C11H15NO4S. The monoisotopic (exact) mass is 257 g/mol. The number of fused-ring (bicyclic) bond motifs is 1. The van der Waals surface area contributed by atoms with Crippen molar-refractivity contribution in [1.82, 2.24) is 0 Å². The highest BCUT2D eigenvalue weighted by molar-refractivity contribution is 7.92. The topological polar surface area (TPSA) is 75.6 Å². The van der Waals surface area contributed by atoms with Crippen LogP contribution in [0.25, 0.3) is 0 Å². The maximum Gasteiger partial charge on any atom is 0.229 e. The van der Waals surface area contributed by atoms with Gasteiger partial charge in [0.25, 0.3) is 0 Å². The summed E-state index contributed by atoms with van der Waals surface area (Å²) in [6.45, 7) is -0.0246. The fraction of sp³-hybridized carbons (Fsp3) is 0.455. The fourth-order valence-electron chi connectivity index (χ4n) is 1.83. The van der Waals surface area contributed by atoms with E-state index >= 15 is 0 Å². The molecule has 0 amide bonds. The molecule has 0 saturated heterocycles. The average molecular weight is 257 g/mol. The molecule has 2 rings (SSSR count). The predicted molar refractivity (Wildman–Crippen MR) is 64.7 cm³/mol. The zero-order valence-corrected chi connectivity index (χ0v) is 10.3. The van der Waals surface area contributed by atoms with Gasteiger partial charge in [-0.3, -0.25) is 4.72 Å². The van der Waals surface area contributed by atoms with Crippen LogP contribution < -0.4 is 9.46 Å². The highest BCUT2D eigenvalue weighted by atomic mass is 32.2. The third-order valence-electron chi connectivity index (χ3n) is 2.60. The lowest BCUT2D eigenvalue weighted by molar-refractivity contribution is 0.0979. The average Bonchev–Trinajstić information content (AvgIpc) is 2.26. The van der Waals surface area contributed by atoms with Gasteiger partial charge < -0.3 is 9.84 Å². The number of nitrogens with one attached hydrogen (secondary N) is 1. The van der Waals surface area contributed by atoms with Crippen molar-refractivity contribution in [3.05, 3.63) is 23.8 Å². The van der Waals surface area contributed by atoms with Gasteiger partial charge in [-0.25, -0.2) is 8.42 Å². The predicted octanol–water partition coefficient (Wildman–Crippen LogP) is 0.744. The highest BCUT2D eigenvalue weighted by Crippen LogP contribution is 2.30. The molecule has 1 aromatic rings. The van der Waals surface area contributed by atoms with Gasteiger partial charge in [0.2, 0.25) is 10.0 Å². The first-order valence-electron chi connectivity index (χ1n) is 5.36. The number of sulfonamides is 1. The number of anilines is 1. The number of benzene rings is 1. The van der Waals surface area contributed by atoms with Gasteiger partial charge in [0, 0.05) is 6.07 Å². The molecule has 0 fully saturated rings. The lowest BCUT2D eigenvalue weighted by atomic mass is 10.0. The molecule has 1 heterocycles. The van der Waals surface area contributed by atoms with Crippen LogP contribution in [-0.4, -0.2) is 32.5 Å². The lowest BCUT2D eigenvalue weighted by Gasteiger charge is -2.25. The van der Waals surface area contributed by atoms with Crippen LogP contribution >= 0.6 is 0 Å². The van der Waals surface area contributed by atoms with Crippen molar-refractivity contribution in [2.75, 3.05) is 17.6 Å². The third kappa shape index (κ3) is 3.10. The first-order chi connectivity index (χ1) is 7.98. The van der Waals surface area contributed by atoms with Crippen molar-refractivity contribution >= 4 is 15.7 Å². The lowest BCUT2D eigenvalue weighted by Crippen LogP contribution is -2.26. The Balaban J connectivity index is 2.24. The molecule has 1 aliphatic heterocycles. The molecule has 1 atom stereocenters. The summed E-state index contributed by atoms with van der Waals surface area (Å²) in [5.41, 5.74) is 1.51. The smallest absolute Gasteiger partial charge is 0.229 e. The molecule has 0 aliphatic carbocycles. The maximum atomic E-state index is 11.1. The van der Waals surface area contributed by atoms with Gasteiger partial charge in [-0.15, -0.1) is 0 Å². The van der Waals surface area contributed by atoms with E-state index in [1.807, 2.05) is 6.07 Å². The number of aliphatic hydroxyl groups excluding tert-OH is 1. The van der Waals surface area contributed by atoms with Gasteiger partial charge in [-0.05, 0) is 24.5 Å². The van der Waals surface area contributed by atoms with Crippen molar-refractivity contribution in [2.24, 2.45) is 0 Å². The quantitative estimate of drug-likeness (QED) is 0.837. The molecule has 94 valence electrons. The van der Waals surface area contributed by atoms with E-state index in [4.69, 9.17) is 9.84 Å². The molecule has 1 aliphatic rings. The Hall–Kier alpha value is -1.27. The first-order valence-corrected chi connectivity index (χ1v) is 7.25. The molecule has 0 radical (unpaired) electrons. The number of rotatable bonds is 3. The van der Waals surface area contributed by atoms with Crippen LogP contribution in [-0.2, 0) is 16.4 Å². The summed E-state index contributed by atoms with van der Waals surface area (Å²) in [7, 11) is -3.28. The Bertz CT molecular complexity index is 512. The number of aryl methyl sites for hydroxylation is 1. The normalized spacial score (nSPS) is 19.3. The van der Waals surface area contributed by atoms with Gasteiger partial charge in [0.05, 0.1) is 18.6 Å². The molecule has 6 heteroatoms. The van der Waals surface area contributed by atoms with Crippen LogP contribution in [0.2, 0.25) is 0 Å². The summed E-state index contributed by atoms with van der Waals surface area (Å²) in [6.07, 6.45) is 2.52. The van der Waals surface area contributed by atoms with E-state index < -0.39 is 10.0 Å². The van der Waals surface area contributed by atoms with E-state index in [0.29, 0.717) is 11.4 Å². The summed E-state index contributed by atoms with van der Waals surface area (Å²) >= 11 is 0. The van der Waals surface area contributed by atoms with E-state index in [9.17, 15) is 8.42 Å². The van der Waals surface area contributed by atoms with E-state index in [1.54, 1.807) is 12.1 Å². The summed E-state index contributed by atoms with van der Waals surface area (Å²) < 4.78 is 30.1. The Kier molecular flexibility index (Phi) is 3.26. The van der Waals surface area contributed by atoms with Crippen molar-refractivity contribution in [3.8, 4) is 5.75 Å². The van der Waals surface area contributed by atoms with Gasteiger partial charge in [-0.2, -0.15) is 0 Å². The Labute approximate surface area is 100 Å². The molecule has 17 heavy (non-hydrogen) atoms. The van der Waals surface area contributed by atoms with Crippen LogP contribution in [0.1, 0.15) is 12.0 Å². The Morgan fingerprint density at radius 2 is 2.29 bits per heavy atom. The number of hydrogen-bond donors (Lipinski definition) is 2. The molecule has 0 bridgehead atoms. The summed E-state index contributed by atoms with van der Waals surface area (Å²) in [6, 6.07) is 5.21. The van der Waals surface area contributed by atoms with Crippen LogP contribution in [0.15, 0.2) is 18.2 Å². The second-order valence-corrected chi connectivity index (χ2v) is 5.91. The van der Waals surface area contributed by atoms with E-state index in [0.717, 1.165) is 24.7 Å². The van der Waals surface area contributed by atoms with E-state index in [1.165, 1.54) is 0 Å². The summed E-state index contributed by atoms with van der Waals surface area (Å²) in [4.78, 5) is 0. The second kappa shape index (κ2) is 4.54. The minimum atomic E-state index is -3.28. The van der Waals surface area contributed by atoms with E-state index in [2.05, 4.69) is 4.72 Å². The number of hydrogen-bond acceptors (Lipinski definition) is 4. The fourth-order valence-corrected chi connectivity index (χ4v) is 2.39. The van der Waals surface area contributed by atoms with Crippen LogP contribution in [0.5, 0.6) is 5.75 Å². The second-order valence-electron chi connectivity index (χ2n) is 4.16. The highest BCUT2D eigenvalue weighted by Gasteiger charge is 2.19. The van der Waals surface area contributed by atoms with Gasteiger partial charge in [0.15, 0.2) is 0 Å². The van der Waals surface area contributed by atoms with E-state index in [-0.39, 0.29) is 12.7 Å². The third-order valence-corrected chi connectivity index (χ3v) is 3.21. The minimum Gasteiger partial charge on any atom is -0.488 e. The van der Waals surface area contributed by atoms with Crippen LogP contribution in [0, 0.1) is 0 Å². The molecule has 0 aromatic heterocycles. The van der Waals surface area contributed by atoms with Crippen molar-refractivity contribution in [2.45, 2.75) is 18.9 Å². The Morgan fingerprint density at radius 3 is 2.94 bits per heavy atom. The molecule has 0 saturated carbocycles. The summed E-state index contributed by atoms with van der Waals surface area (Å²) in [5, 5.41) is 9.04. The maximum absolute atomic E-state index is 11.1. The molecule has 1 aromatic carbocycles. The molecule has 2 N–H and O–H groups in total. The number of aliphatic hydroxyl groups is 1. The first kappa shape index (κ1) is 12.2. The van der Waals surface area contributed by atoms with Crippen molar-refractivity contribution < 1.29 is 18.3 Å². The van der Waals surface area contributed by atoms with Crippen molar-refractivity contribution in [1.29, 1.82) is 0 Å². The molecule has 0 unspecified atom stereocenters. The molecular weight excluding hydrogens is 242 g/mol. The van der Waals surface area contributed by atoms with Gasteiger partial charge >= 0.3 is 0 Å². The van der Waals surface area contributed by atoms with Gasteiger partial charge in [-0.1, -0.05) is 6.07 Å². The SMILES string of the molecule is CS(=O)(=O)Nc1ccc2c(c1)O[C@@H](CO)CC2. The molecule has 0 spiro atoms. The zero-order chi connectivity index (χ0) is 12.5. The Morgan fingerprint density at radius 1 is 1.53 bits per heavy atom. The minimum absolute atomic E-state index is 0.0246. The summed E-state index contributed by atoms with van der Waals surface area (Å²) in [5.74, 6) is 0.643. The van der Waals surface area contributed by atoms with Crippen LogP contribution in [0.4, 0.5) is 5.69 Å². The van der Waals surface area contributed by atoms with Gasteiger partial charge in [0.1, 0.15) is 11.9 Å². The van der Waals surface area contributed by atoms with Crippen molar-refractivity contribution in [3.63, 3.8) is 0 Å². The van der Waals surface area contributed by atoms with Crippen LogP contribution in [0.3, 0.4) is 0 Å². The largest absolute Gasteiger partial charge is 0.488 e. The zero-order valence-electron chi connectivity index (χ0n) is 9.51.